The third kappa shape index (κ3) is 2.62. The minimum absolute atomic E-state index is 0.128. The molecule has 0 spiro atoms. The lowest BCUT2D eigenvalue weighted by molar-refractivity contribution is -0.386. The van der Waals surface area contributed by atoms with Gasteiger partial charge in [-0.25, -0.2) is 0 Å². The molecular weight excluding hydrogens is 246 g/mol. The number of pyridine rings is 1. The van der Waals surface area contributed by atoms with Gasteiger partial charge in [-0.2, -0.15) is 0 Å². The Morgan fingerprint density at radius 2 is 2.05 bits per heavy atom. The molecule has 1 aromatic carbocycles. The quantitative estimate of drug-likeness (QED) is 0.519. The Balaban J connectivity index is 2.40. The van der Waals surface area contributed by atoms with Crippen molar-refractivity contribution in [3.8, 4) is 11.5 Å². The smallest absolute Gasteiger partial charge is 0.332 e. The van der Waals surface area contributed by atoms with Crippen LogP contribution in [0.5, 0.6) is 11.5 Å². The molecular formula is C13H13N3O3. The third-order valence-electron chi connectivity index (χ3n) is 2.72. The Bertz CT molecular complexity index is 641. The summed E-state index contributed by atoms with van der Waals surface area (Å²) >= 11 is 0. The number of nitrogens with two attached hydrogens (primary N) is 1. The fourth-order valence-electron chi connectivity index (χ4n) is 1.68. The Morgan fingerprint density at radius 3 is 2.68 bits per heavy atom. The Kier molecular flexibility index (Phi) is 3.33. The number of aryl methyl sites for hydroxylation is 2. The van der Waals surface area contributed by atoms with Crippen molar-refractivity contribution >= 4 is 11.4 Å². The highest BCUT2D eigenvalue weighted by Gasteiger charge is 2.20. The van der Waals surface area contributed by atoms with Crippen LogP contribution < -0.4 is 10.5 Å². The van der Waals surface area contributed by atoms with E-state index in [1.54, 1.807) is 25.1 Å². The van der Waals surface area contributed by atoms with Gasteiger partial charge in [0.1, 0.15) is 11.4 Å². The molecule has 0 atom stereocenters. The number of anilines is 1. The Hall–Kier alpha value is -2.63. The molecule has 0 aliphatic heterocycles. The van der Waals surface area contributed by atoms with E-state index in [0.717, 1.165) is 5.56 Å². The van der Waals surface area contributed by atoms with Crippen LogP contribution in [0.15, 0.2) is 30.5 Å². The number of nitrogen functional groups attached to an aromatic ring is 1. The molecule has 1 heterocycles. The van der Waals surface area contributed by atoms with E-state index in [4.69, 9.17) is 10.5 Å². The zero-order valence-corrected chi connectivity index (χ0v) is 10.6. The molecule has 0 unspecified atom stereocenters. The van der Waals surface area contributed by atoms with E-state index in [-0.39, 0.29) is 11.4 Å². The summed E-state index contributed by atoms with van der Waals surface area (Å²) < 4.78 is 5.55. The first kappa shape index (κ1) is 12.8. The predicted molar refractivity (Wildman–Crippen MR) is 71.3 cm³/mol. The van der Waals surface area contributed by atoms with Gasteiger partial charge in [-0.15, -0.1) is 0 Å². The van der Waals surface area contributed by atoms with Crippen LogP contribution in [0.3, 0.4) is 0 Å². The molecule has 2 aromatic rings. The molecule has 0 saturated carbocycles. The molecule has 98 valence electrons. The van der Waals surface area contributed by atoms with Crippen molar-refractivity contribution in [1.29, 1.82) is 0 Å². The van der Waals surface area contributed by atoms with Crippen molar-refractivity contribution in [2.75, 3.05) is 5.73 Å². The van der Waals surface area contributed by atoms with Crippen LogP contribution in [0, 0.1) is 24.0 Å². The fraction of sp³-hybridized carbons (Fsp3) is 0.154. The number of ether oxygens (including phenoxy) is 1. The van der Waals surface area contributed by atoms with Crippen molar-refractivity contribution in [3.05, 3.63) is 51.8 Å². The van der Waals surface area contributed by atoms with E-state index < -0.39 is 4.92 Å². The summed E-state index contributed by atoms with van der Waals surface area (Å²) in [6.07, 6.45) is 1.47. The highest BCUT2D eigenvalue weighted by atomic mass is 16.6. The van der Waals surface area contributed by atoms with E-state index in [2.05, 4.69) is 4.98 Å². The summed E-state index contributed by atoms with van der Waals surface area (Å²) in [5.74, 6) is 0.669. The zero-order valence-electron chi connectivity index (χ0n) is 10.6. The first-order chi connectivity index (χ1) is 8.99. The molecule has 0 amide bonds. The molecule has 2 N–H and O–H groups in total. The molecule has 0 radical (unpaired) electrons. The molecule has 6 heteroatoms. The van der Waals surface area contributed by atoms with E-state index in [9.17, 15) is 10.1 Å². The van der Waals surface area contributed by atoms with Gasteiger partial charge in [0.25, 0.3) is 0 Å². The highest BCUT2D eigenvalue weighted by Crippen LogP contribution is 2.33. The van der Waals surface area contributed by atoms with Crippen molar-refractivity contribution < 1.29 is 9.66 Å². The van der Waals surface area contributed by atoms with Crippen LogP contribution in [0.25, 0.3) is 0 Å². The first-order valence-electron chi connectivity index (χ1n) is 5.63. The number of nitro groups is 1. The van der Waals surface area contributed by atoms with Gasteiger partial charge in [0.05, 0.1) is 4.92 Å². The van der Waals surface area contributed by atoms with Crippen LogP contribution in [0.2, 0.25) is 0 Å². The van der Waals surface area contributed by atoms with Crippen molar-refractivity contribution in [2.45, 2.75) is 13.8 Å². The summed E-state index contributed by atoms with van der Waals surface area (Å²) in [5.41, 5.74) is 7.40. The summed E-state index contributed by atoms with van der Waals surface area (Å²) in [5, 5.41) is 11.0. The third-order valence-corrected chi connectivity index (χ3v) is 2.72. The van der Waals surface area contributed by atoms with Gasteiger partial charge in [-0.3, -0.25) is 15.1 Å². The number of hydrogen-bond donors (Lipinski definition) is 1. The minimum Gasteiger partial charge on any atom is -0.450 e. The van der Waals surface area contributed by atoms with Crippen LogP contribution in [-0.4, -0.2) is 9.91 Å². The first-order valence-corrected chi connectivity index (χ1v) is 5.63. The maximum absolute atomic E-state index is 11.0. The molecule has 0 aliphatic carbocycles. The molecule has 2 rings (SSSR count). The van der Waals surface area contributed by atoms with Crippen LogP contribution >= 0.6 is 0 Å². The standard InChI is InChI=1S/C13H13N3O3/c1-8-7-10(3-4-11(8)14)19-12-5-6-15-9(2)13(12)16(17)18/h3-7H,14H2,1-2H3. The summed E-state index contributed by atoms with van der Waals surface area (Å²) in [4.78, 5) is 14.4. The van der Waals surface area contributed by atoms with E-state index in [0.29, 0.717) is 17.1 Å². The molecule has 0 aliphatic rings. The van der Waals surface area contributed by atoms with Gasteiger partial charge in [0, 0.05) is 18.0 Å². The molecule has 1 aromatic heterocycles. The topological polar surface area (TPSA) is 91.3 Å². The van der Waals surface area contributed by atoms with Gasteiger partial charge >= 0.3 is 5.69 Å². The molecule has 0 fully saturated rings. The average molecular weight is 259 g/mol. The Labute approximate surface area is 110 Å². The monoisotopic (exact) mass is 259 g/mol. The van der Waals surface area contributed by atoms with Crippen LogP contribution in [0.4, 0.5) is 11.4 Å². The second-order valence-electron chi connectivity index (χ2n) is 4.12. The van der Waals surface area contributed by atoms with Gasteiger partial charge < -0.3 is 10.5 Å². The van der Waals surface area contributed by atoms with E-state index >= 15 is 0 Å². The molecule has 6 nitrogen and oxygen atoms in total. The maximum Gasteiger partial charge on any atom is 0.332 e. The average Bonchev–Trinajstić information content (AvgIpc) is 2.33. The zero-order chi connectivity index (χ0) is 14.0. The van der Waals surface area contributed by atoms with Gasteiger partial charge in [0.2, 0.25) is 5.75 Å². The predicted octanol–water partition coefficient (Wildman–Crippen LogP) is 2.98. The number of aromatic nitrogens is 1. The van der Waals surface area contributed by atoms with Gasteiger partial charge in [-0.05, 0) is 37.6 Å². The molecule has 0 saturated heterocycles. The maximum atomic E-state index is 11.0. The SMILES string of the molecule is Cc1cc(Oc2ccnc(C)c2[N+](=O)[O-])ccc1N. The van der Waals surface area contributed by atoms with Crippen molar-refractivity contribution in [1.82, 2.24) is 4.98 Å². The lowest BCUT2D eigenvalue weighted by Crippen LogP contribution is -1.98. The largest absolute Gasteiger partial charge is 0.450 e. The van der Waals surface area contributed by atoms with Crippen LogP contribution in [-0.2, 0) is 0 Å². The van der Waals surface area contributed by atoms with E-state index in [1.807, 2.05) is 6.92 Å². The lowest BCUT2D eigenvalue weighted by atomic mass is 10.2. The summed E-state index contributed by atoms with van der Waals surface area (Å²) in [6, 6.07) is 6.57. The second-order valence-corrected chi connectivity index (χ2v) is 4.12. The number of rotatable bonds is 3. The summed E-state index contributed by atoms with van der Waals surface area (Å²) in [7, 11) is 0. The number of hydrogen-bond acceptors (Lipinski definition) is 5. The van der Waals surface area contributed by atoms with E-state index in [1.165, 1.54) is 12.3 Å². The van der Waals surface area contributed by atoms with Crippen LogP contribution in [0.1, 0.15) is 11.3 Å². The Morgan fingerprint density at radius 1 is 1.32 bits per heavy atom. The molecule has 0 bridgehead atoms. The van der Waals surface area contributed by atoms with Gasteiger partial charge in [-0.1, -0.05) is 0 Å². The second kappa shape index (κ2) is 4.93. The lowest BCUT2D eigenvalue weighted by Gasteiger charge is -2.08. The van der Waals surface area contributed by atoms with Crippen molar-refractivity contribution in [3.63, 3.8) is 0 Å². The summed E-state index contributed by atoms with van der Waals surface area (Å²) in [6.45, 7) is 3.41. The van der Waals surface area contributed by atoms with Crippen molar-refractivity contribution in [2.24, 2.45) is 0 Å². The minimum atomic E-state index is -0.498. The highest BCUT2D eigenvalue weighted by molar-refractivity contribution is 5.53. The number of benzene rings is 1. The fourth-order valence-corrected chi connectivity index (χ4v) is 1.68. The number of nitrogens with zero attached hydrogens (tertiary/aromatic N) is 2. The molecule has 19 heavy (non-hydrogen) atoms. The van der Waals surface area contributed by atoms with Gasteiger partial charge in [0.15, 0.2) is 0 Å². The normalized spacial score (nSPS) is 10.2.